The predicted octanol–water partition coefficient (Wildman–Crippen LogP) is 2.38. The summed E-state index contributed by atoms with van der Waals surface area (Å²) in [5, 5.41) is 3.44. The molecule has 0 saturated carbocycles. The Morgan fingerprint density at radius 3 is 3.04 bits per heavy atom. The van der Waals surface area contributed by atoms with Crippen molar-refractivity contribution in [3.05, 3.63) is 24.2 Å². The third-order valence-corrected chi connectivity index (χ3v) is 4.03. The molecular weight excluding hydrogens is 419 g/mol. The highest BCUT2D eigenvalue weighted by molar-refractivity contribution is 14.0. The summed E-state index contributed by atoms with van der Waals surface area (Å²) in [5.74, 6) is 2.03. The molecule has 136 valence electrons. The fraction of sp³-hybridized carbons (Fsp3) is 0.647. The smallest absolute Gasteiger partial charge is 0.217 e. The summed E-state index contributed by atoms with van der Waals surface area (Å²) in [4.78, 5) is 18.1. The first-order valence-electron chi connectivity index (χ1n) is 8.53. The van der Waals surface area contributed by atoms with Crippen molar-refractivity contribution in [2.75, 3.05) is 26.2 Å². The Balaban J connectivity index is 0.00000288. The van der Waals surface area contributed by atoms with Gasteiger partial charge in [-0.1, -0.05) is 6.92 Å². The van der Waals surface area contributed by atoms with E-state index in [1.165, 1.54) is 0 Å². The van der Waals surface area contributed by atoms with E-state index in [0.29, 0.717) is 12.3 Å². The highest BCUT2D eigenvalue weighted by atomic mass is 127. The van der Waals surface area contributed by atoms with Gasteiger partial charge in [-0.2, -0.15) is 0 Å². The Morgan fingerprint density at radius 2 is 2.38 bits per heavy atom. The lowest BCUT2D eigenvalue weighted by atomic mass is 9.95. The van der Waals surface area contributed by atoms with E-state index in [9.17, 15) is 4.79 Å². The van der Waals surface area contributed by atoms with E-state index in [2.05, 4.69) is 22.1 Å². The molecule has 1 aliphatic heterocycles. The van der Waals surface area contributed by atoms with Crippen molar-refractivity contribution in [3.63, 3.8) is 0 Å². The molecule has 1 amide bonds. The van der Waals surface area contributed by atoms with Crippen molar-refractivity contribution in [1.82, 2.24) is 10.2 Å². The van der Waals surface area contributed by atoms with Crippen LogP contribution >= 0.6 is 24.0 Å². The van der Waals surface area contributed by atoms with Crippen LogP contribution in [0.3, 0.4) is 0 Å². The van der Waals surface area contributed by atoms with E-state index in [-0.39, 0.29) is 29.9 Å². The Kier molecular flexibility index (Phi) is 9.82. The maximum absolute atomic E-state index is 11.2. The van der Waals surface area contributed by atoms with Gasteiger partial charge in [-0.25, -0.2) is 0 Å². The van der Waals surface area contributed by atoms with E-state index in [1.807, 2.05) is 12.1 Å². The summed E-state index contributed by atoms with van der Waals surface area (Å²) in [5.41, 5.74) is 5.35. The molecular formula is C17H29IN4O2. The number of piperidine rings is 1. The van der Waals surface area contributed by atoms with Crippen molar-refractivity contribution in [1.29, 1.82) is 0 Å². The number of rotatable bonds is 7. The second-order valence-electron chi connectivity index (χ2n) is 6.09. The van der Waals surface area contributed by atoms with Crippen LogP contribution in [0.15, 0.2) is 27.8 Å². The lowest BCUT2D eigenvalue weighted by molar-refractivity contribution is -0.119. The minimum atomic E-state index is -0.213. The normalized spacial score (nSPS) is 18.1. The van der Waals surface area contributed by atoms with Crippen molar-refractivity contribution in [2.24, 2.45) is 16.6 Å². The van der Waals surface area contributed by atoms with E-state index >= 15 is 0 Å². The average molecular weight is 448 g/mol. The molecule has 0 radical (unpaired) electrons. The number of nitrogens with two attached hydrogens (primary N) is 1. The molecule has 0 aliphatic carbocycles. The Morgan fingerprint density at radius 1 is 1.54 bits per heavy atom. The first-order chi connectivity index (χ1) is 11.2. The van der Waals surface area contributed by atoms with Gasteiger partial charge in [0, 0.05) is 39.0 Å². The molecule has 1 aromatic heterocycles. The number of nitrogens with one attached hydrogen (secondary N) is 1. The minimum absolute atomic E-state index is 0. The van der Waals surface area contributed by atoms with Crippen LogP contribution in [0.2, 0.25) is 0 Å². The number of likely N-dealkylation sites (tertiary alicyclic amines) is 1. The highest BCUT2D eigenvalue weighted by Gasteiger charge is 2.23. The highest BCUT2D eigenvalue weighted by Crippen LogP contribution is 2.19. The van der Waals surface area contributed by atoms with Gasteiger partial charge < -0.3 is 20.4 Å². The standard InChI is InChI=1S/C17H28N4O2.HI/c1-2-8-19-17(20-9-7-15-6-4-11-23-15)21-10-3-5-14(13-21)12-16(18)22;/h4,6,11,14H,2-3,5,7-10,12-13H2,1H3,(H2,18,22)(H,19,20);1H. The largest absolute Gasteiger partial charge is 0.469 e. The van der Waals surface area contributed by atoms with Crippen LogP contribution in [-0.4, -0.2) is 42.9 Å². The molecule has 7 heteroatoms. The van der Waals surface area contributed by atoms with Crippen LogP contribution in [0.5, 0.6) is 0 Å². The van der Waals surface area contributed by atoms with Gasteiger partial charge in [-0.15, -0.1) is 24.0 Å². The summed E-state index contributed by atoms with van der Waals surface area (Å²) >= 11 is 0. The van der Waals surface area contributed by atoms with Crippen molar-refractivity contribution in [2.45, 2.75) is 39.0 Å². The molecule has 6 nitrogen and oxygen atoms in total. The second-order valence-corrected chi connectivity index (χ2v) is 6.09. The zero-order valence-corrected chi connectivity index (χ0v) is 16.7. The Labute approximate surface area is 161 Å². The number of primary amides is 1. The van der Waals surface area contributed by atoms with Gasteiger partial charge in [0.25, 0.3) is 0 Å². The quantitative estimate of drug-likeness (QED) is 0.381. The average Bonchev–Trinajstić information content (AvgIpc) is 3.03. The summed E-state index contributed by atoms with van der Waals surface area (Å²) < 4.78 is 5.36. The fourth-order valence-corrected chi connectivity index (χ4v) is 2.95. The number of amides is 1. The number of aliphatic imine (C=N–C) groups is 1. The molecule has 2 heterocycles. The summed E-state index contributed by atoms with van der Waals surface area (Å²) in [6.07, 6.45) is 6.14. The van der Waals surface area contributed by atoms with E-state index < -0.39 is 0 Å². The monoisotopic (exact) mass is 448 g/mol. The van der Waals surface area contributed by atoms with Gasteiger partial charge in [0.2, 0.25) is 5.91 Å². The third kappa shape index (κ3) is 7.11. The first-order valence-corrected chi connectivity index (χ1v) is 8.53. The molecule has 1 saturated heterocycles. The lowest BCUT2D eigenvalue weighted by Crippen LogP contribution is -2.47. The summed E-state index contributed by atoms with van der Waals surface area (Å²) in [6.45, 7) is 5.54. The number of guanidine groups is 1. The van der Waals surface area contributed by atoms with Gasteiger partial charge >= 0.3 is 0 Å². The van der Waals surface area contributed by atoms with Crippen LogP contribution in [0.4, 0.5) is 0 Å². The number of furan rings is 1. The van der Waals surface area contributed by atoms with Crippen molar-refractivity contribution < 1.29 is 9.21 Å². The molecule has 1 fully saturated rings. The maximum Gasteiger partial charge on any atom is 0.217 e. The lowest BCUT2D eigenvalue weighted by Gasteiger charge is -2.34. The van der Waals surface area contributed by atoms with Crippen molar-refractivity contribution in [3.8, 4) is 0 Å². The van der Waals surface area contributed by atoms with Gasteiger partial charge in [0.1, 0.15) is 5.76 Å². The van der Waals surface area contributed by atoms with Gasteiger partial charge in [-0.05, 0) is 37.3 Å². The topological polar surface area (TPSA) is 83.9 Å². The minimum Gasteiger partial charge on any atom is -0.469 e. The van der Waals surface area contributed by atoms with Gasteiger partial charge in [0.15, 0.2) is 5.96 Å². The van der Waals surface area contributed by atoms with E-state index in [4.69, 9.17) is 10.2 Å². The Hall–Kier alpha value is -1.25. The molecule has 2 rings (SSSR count). The molecule has 1 aliphatic rings. The number of hydrogen-bond acceptors (Lipinski definition) is 3. The van der Waals surface area contributed by atoms with Crippen molar-refractivity contribution >= 4 is 35.8 Å². The van der Waals surface area contributed by atoms with E-state index in [0.717, 1.165) is 63.6 Å². The molecule has 1 atom stereocenters. The maximum atomic E-state index is 11.2. The zero-order valence-electron chi connectivity index (χ0n) is 14.4. The van der Waals surface area contributed by atoms with Crippen LogP contribution in [-0.2, 0) is 11.2 Å². The number of carbonyl (C=O) groups excluding carboxylic acids is 1. The van der Waals surface area contributed by atoms with Crippen LogP contribution in [0, 0.1) is 5.92 Å². The molecule has 0 bridgehead atoms. The van der Waals surface area contributed by atoms with Gasteiger partial charge in [-0.3, -0.25) is 9.79 Å². The summed E-state index contributed by atoms with van der Waals surface area (Å²) in [7, 11) is 0. The predicted molar refractivity (Wildman–Crippen MR) is 107 cm³/mol. The molecule has 1 unspecified atom stereocenters. The van der Waals surface area contributed by atoms with Crippen LogP contribution in [0.1, 0.15) is 38.4 Å². The number of hydrogen-bond donors (Lipinski definition) is 2. The molecule has 24 heavy (non-hydrogen) atoms. The third-order valence-electron chi connectivity index (χ3n) is 4.03. The van der Waals surface area contributed by atoms with Gasteiger partial charge in [0.05, 0.1) is 6.26 Å². The molecule has 3 N–H and O–H groups in total. The fourth-order valence-electron chi connectivity index (χ4n) is 2.95. The van der Waals surface area contributed by atoms with E-state index in [1.54, 1.807) is 6.26 Å². The first kappa shape index (κ1) is 20.8. The number of halogens is 1. The van der Waals surface area contributed by atoms with Crippen LogP contribution < -0.4 is 11.1 Å². The second kappa shape index (κ2) is 11.3. The SMILES string of the molecule is CCCN=C(NCCc1ccco1)N1CCCC(CC(N)=O)C1.I. The molecule has 1 aromatic rings. The zero-order chi connectivity index (χ0) is 16.5. The number of nitrogens with zero attached hydrogens (tertiary/aromatic N) is 2. The van der Waals surface area contributed by atoms with Crippen LogP contribution in [0.25, 0.3) is 0 Å². The molecule has 0 aromatic carbocycles. The molecule has 0 spiro atoms. The Bertz CT molecular complexity index is 505. The summed E-state index contributed by atoms with van der Waals surface area (Å²) in [6, 6.07) is 3.88. The number of carbonyl (C=O) groups is 1.